The second kappa shape index (κ2) is 14.6. The van der Waals surface area contributed by atoms with Gasteiger partial charge in [0.1, 0.15) is 12.6 Å². The van der Waals surface area contributed by atoms with Gasteiger partial charge < -0.3 is 45.4 Å². The van der Waals surface area contributed by atoms with Crippen LogP contribution in [0.3, 0.4) is 0 Å². The van der Waals surface area contributed by atoms with Gasteiger partial charge in [-0.1, -0.05) is 45.8 Å². The Morgan fingerprint density at radius 2 is 1.61 bits per heavy atom. The second-order valence-corrected chi connectivity index (χ2v) is 18.3. The number of aliphatic hydroxyl groups excluding tert-OH is 4. The van der Waals surface area contributed by atoms with Crippen LogP contribution < -0.4 is 5.32 Å². The van der Waals surface area contributed by atoms with Crippen molar-refractivity contribution in [3.63, 3.8) is 0 Å². The maximum Gasteiger partial charge on any atom is 0.325 e. The van der Waals surface area contributed by atoms with Gasteiger partial charge in [0.25, 0.3) is 0 Å². The van der Waals surface area contributed by atoms with Crippen molar-refractivity contribution in [2.45, 2.75) is 155 Å². The van der Waals surface area contributed by atoms with Gasteiger partial charge in [-0.3, -0.25) is 14.4 Å². The lowest BCUT2D eigenvalue weighted by Gasteiger charge is -2.64. The fourth-order valence-electron chi connectivity index (χ4n) is 11.2. The fourth-order valence-corrected chi connectivity index (χ4v) is 11.2. The summed E-state index contributed by atoms with van der Waals surface area (Å²) in [6.07, 6.45) is 0.551. The van der Waals surface area contributed by atoms with Gasteiger partial charge in [-0.2, -0.15) is 0 Å². The van der Waals surface area contributed by atoms with Gasteiger partial charge in [-0.25, -0.2) is 0 Å². The molecule has 0 aromatic carbocycles. The maximum atomic E-state index is 13.2. The van der Waals surface area contributed by atoms with E-state index in [-0.39, 0.29) is 36.3 Å². The average Bonchev–Trinajstić information content (AvgIpc) is 3.30. The van der Waals surface area contributed by atoms with E-state index < -0.39 is 82.6 Å². The van der Waals surface area contributed by atoms with E-state index in [1.54, 1.807) is 13.8 Å². The van der Waals surface area contributed by atoms with Crippen LogP contribution in [0.4, 0.5) is 0 Å². The molecule has 12 heteroatoms. The van der Waals surface area contributed by atoms with E-state index in [1.807, 2.05) is 13.8 Å². The predicted molar refractivity (Wildman–Crippen MR) is 189 cm³/mol. The summed E-state index contributed by atoms with van der Waals surface area (Å²) in [6, 6.07) is 0. The Bertz CT molecular complexity index is 1350. The Labute approximate surface area is 303 Å². The third kappa shape index (κ3) is 7.65. The number of hydrogen-bond acceptors (Lipinski definition) is 11. The molecule has 4 aliphatic carbocycles. The normalized spacial score (nSPS) is 36.9. The van der Waals surface area contributed by atoms with E-state index >= 15 is 0 Å². The minimum absolute atomic E-state index is 0.0143. The maximum absolute atomic E-state index is 13.2. The first-order valence-electron chi connectivity index (χ1n) is 18.7. The Kier molecular flexibility index (Phi) is 11.9. The molecule has 2 saturated carbocycles. The number of methoxy groups -OCH3 is 1. The van der Waals surface area contributed by atoms with Crippen LogP contribution >= 0.6 is 0 Å². The second-order valence-electron chi connectivity index (χ2n) is 18.3. The number of carbonyl (C=O) groups is 3. The lowest BCUT2D eigenvalue weighted by atomic mass is 9.42. The van der Waals surface area contributed by atoms with Crippen molar-refractivity contribution in [3.05, 3.63) is 11.1 Å². The van der Waals surface area contributed by atoms with Crippen molar-refractivity contribution in [2.75, 3.05) is 20.3 Å². The van der Waals surface area contributed by atoms with Crippen molar-refractivity contribution in [3.8, 4) is 0 Å². The molecule has 2 fully saturated rings. The molecule has 51 heavy (non-hydrogen) atoms. The van der Waals surface area contributed by atoms with E-state index in [0.717, 1.165) is 25.7 Å². The largest absolute Gasteiger partial charge is 0.468 e. The van der Waals surface area contributed by atoms with Gasteiger partial charge in [0.15, 0.2) is 0 Å². The number of fused-ring (bicyclic) bond motifs is 4. The topological polar surface area (TPSA) is 203 Å². The molecule has 1 amide bonds. The van der Waals surface area contributed by atoms with Crippen LogP contribution in [0.1, 0.15) is 120 Å². The highest BCUT2D eigenvalue weighted by atomic mass is 16.6. The zero-order chi connectivity index (χ0) is 38.5. The van der Waals surface area contributed by atoms with Gasteiger partial charge >= 0.3 is 11.9 Å². The highest BCUT2D eigenvalue weighted by Gasteiger charge is 2.67. The van der Waals surface area contributed by atoms with Crippen LogP contribution in [-0.4, -0.2) is 104 Å². The van der Waals surface area contributed by atoms with Gasteiger partial charge in [0.05, 0.1) is 49.5 Å². The molecule has 12 nitrogen and oxygen atoms in total. The van der Waals surface area contributed by atoms with E-state index in [2.05, 4.69) is 30.8 Å². The Morgan fingerprint density at radius 3 is 2.20 bits per heavy atom. The molecule has 11 atom stereocenters. The zero-order valence-corrected chi connectivity index (χ0v) is 32.3. The molecular formula is C39H65NO11. The summed E-state index contributed by atoms with van der Waals surface area (Å²) in [5.41, 5.74) is -2.47. The zero-order valence-electron chi connectivity index (χ0n) is 32.3. The lowest BCUT2D eigenvalue weighted by Crippen LogP contribution is -2.62. The number of hydrogen-bond donors (Lipinski definition) is 7. The third-order valence-electron chi connectivity index (χ3n) is 14.2. The van der Waals surface area contributed by atoms with Crippen LogP contribution in [0.2, 0.25) is 0 Å². The molecule has 4 aliphatic rings. The van der Waals surface area contributed by atoms with Gasteiger partial charge in [-0.05, 0) is 101 Å². The lowest BCUT2D eigenvalue weighted by molar-refractivity contribution is -0.198. The Hall–Kier alpha value is -2.09. The number of rotatable bonds is 13. The summed E-state index contributed by atoms with van der Waals surface area (Å²) in [4.78, 5) is 36.9. The highest BCUT2D eigenvalue weighted by molar-refractivity contribution is 5.83. The van der Waals surface area contributed by atoms with Gasteiger partial charge in [0.2, 0.25) is 5.91 Å². The molecule has 0 bridgehead atoms. The highest BCUT2D eigenvalue weighted by Crippen LogP contribution is 2.72. The van der Waals surface area contributed by atoms with Crippen molar-refractivity contribution in [1.29, 1.82) is 0 Å². The van der Waals surface area contributed by atoms with E-state index in [9.17, 15) is 45.0 Å². The molecule has 0 saturated heterocycles. The molecule has 0 aromatic rings. The van der Waals surface area contributed by atoms with Crippen LogP contribution in [-0.2, 0) is 23.9 Å². The van der Waals surface area contributed by atoms with Crippen molar-refractivity contribution in [1.82, 2.24) is 5.32 Å². The van der Waals surface area contributed by atoms with Crippen molar-refractivity contribution >= 4 is 17.8 Å². The minimum atomic E-state index is -1.75. The van der Waals surface area contributed by atoms with Crippen molar-refractivity contribution < 1.29 is 54.5 Å². The monoisotopic (exact) mass is 723 g/mol. The average molecular weight is 724 g/mol. The Balaban J connectivity index is 1.53. The molecule has 0 radical (unpaired) electrons. The number of nitrogens with one attached hydrogen (secondary N) is 1. The first-order valence-corrected chi connectivity index (χ1v) is 18.7. The molecule has 0 unspecified atom stereocenters. The molecule has 0 aliphatic heterocycles. The van der Waals surface area contributed by atoms with E-state index in [0.29, 0.717) is 25.7 Å². The SMILES string of the molecule is COC(=O)CNC(=O)C[C@@](C)(O)CC(=O)O[C@H]1[C@H](O)C[C@]2(C)C3=C(CC[C@H]2C1(C)C)[C@]1(C)CC[C@H]([C@H](CO)CC[C@@H](O)C(C)(C)O)[C@@]1(C)[C@@H](O)C3. The summed E-state index contributed by atoms with van der Waals surface area (Å²) in [5.74, 6) is -2.11. The van der Waals surface area contributed by atoms with Crippen molar-refractivity contribution in [2.24, 2.45) is 39.4 Å². The number of ether oxygens (including phenoxy) is 2. The summed E-state index contributed by atoms with van der Waals surface area (Å²) in [6.45, 7) is 14.7. The standard InChI is InChI=1S/C39H65NO11/c1-34(2)27-12-11-24-25(16-29(44)39(8)23(14-15-38(24,39)7)22(21-41)10-13-28(43)35(3,4)48)37(27,6)17-26(42)33(34)51-31(46)19-36(5,49)18-30(45)40-20-32(47)50-9/h22-23,26-29,33,41-44,48-49H,10-21H2,1-9H3,(H,40,45)/t22-,23+,26+,27-,28+,29-,33-,36+,37+,38-,39-/m0/s1. The molecular weight excluding hydrogens is 658 g/mol. The number of carbonyl (C=O) groups excluding carboxylic acids is 3. The number of aliphatic hydroxyl groups is 6. The molecule has 4 rings (SSSR count). The predicted octanol–water partition coefficient (Wildman–Crippen LogP) is 2.93. The smallest absolute Gasteiger partial charge is 0.325 e. The number of amides is 1. The minimum Gasteiger partial charge on any atom is -0.468 e. The van der Waals surface area contributed by atoms with Crippen LogP contribution in [0.5, 0.6) is 0 Å². The molecule has 7 N–H and O–H groups in total. The van der Waals surface area contributed by atoms with Crippen LogP contribution in [0, 0.1) is 39.4 Å². The molecule has 0 spiro atoms. The molecule has 292 valence electrons. The number of allylic oxidation sites excluding steroid dienone is 1. The van der Waals surface area contributed by atoms with E-state index in [1.165, 1.54) is 25.2 Å². The van der Waals surface area contributed by atoms with Gasteiger partial charge in [-0.15, -0.1) is 0 Å². The quantitative estimate of drug-likeness (QED) is 0.109. The first kappa shape index (κ1) is 41.7. The van der Waals surface area contributed by atoms with Gasteiger partial charge in [0, 0.05) is 17.4 Å². The summed E-state index contributed by atoms with van der Waals surface area (Å²) in [5, 5.41) is 68.5. The van der Waals surface area contributed by atoms with Crippen LogP contribution in [0.15, 0.2) is 11.1 Å². The third-order valence-corrected chi connectivity index (χ3v) is 14.2. The molecule has 0 aromatic heterocycles. The first-order chi connectivity index (χ1) is 23.4. The number of esters is 2. The summed E-state index contributed by atoms with van der Waals surface area (Å²) < 4.78 is 10.4. The van der Waals surface area contributed by atoms with E-state index in [4.69, 9.17) is 4.74 Å². The Morgan fingerprint density at radius 1 is 0.961 bits per heavy atom. The van der Waals surface area contributed by atoms with Crippen LogP contribution in [0.25, 0.3) is 0 Å². The summed E-state index contributed by atoms with van der Waals surface area (Å²) >= 11 is 0. The molecule has 0 heterocycles. The summed E-state index contributed by atoms with van der Waals surface area (Å²) in [7, 11) is 1.19. The fraction of sp³-hybridized carbons (Fsp3) is 0.872.